The first-order valence-electron chi connectivity index (χ1n) is 7.21. The van der Waals surface area contributed by atoms with Gasteiger partial charge in [0.2, 0.25) is 0 Å². The molecule has 0 heterocycles. The molecule has 0 radical (unpaired) electrons. The number of ether oxygens (including phenoxy) is 1. The van der Waals surface area contributed by atoms with Gasteiger partial charge in [-0.15, -0.1) is 0 Å². The number of benzene rings is 1. The molecule has 1 aromatic rings. The highest BCUT2D eigenvalue weighted by Crippen LogP contribution is 2.21. The molecule has 0 saturated carbocycles. The Balaban J connectivity index is 2.67. The molecule has 1 rings (SSSR count). The van der Waals surface area contributed by atoms with Crippen molar-refractivity contribution in [3.8, 4) is 0 Å². The van der Waals surface area contributed by atoms with Crippen LogP contribution in [-0.2, 0) is 4.74 Å². The molecule has 21 heavy (non-hydrogen) atoms. The van der Waals surface area contributed by atoms with Crippen LogP contribution in [0.5, 0.6) is 0 Å². The van der Waals surface area contributed by atoms with Gasteiger partial charge in [-0.2, -0.15) is 0 Å². The van der Waals surface area contributed by atoms with Gasteiger partial charge >= 0.3 is 6.09 Å². The van der Waals surface area contributed by atoms with Crippen molar-refractivity contribution in [3.05, 3.63) is 24.0 Å². The van der Waals surface area contributed by atoms with Gasteiger partial charge in [0.25, 0.3) is 0 Å². The molecule has 0 saturated heterocycles. The molecule has 0 unspecified atom stereocenters. The molecular formula is C16H25FN2O2. The van der Waals surface area contributed by atoms with E-state index < -0.39 is 17.5 Å². The number of hydrogen-bond acceptors (Lipinski definition) is 3. The molecule has 0 atom stereocenters. The molecule has 4 nitrogen and oxygen atoms in total. The van der Waals surface area contributed by atoms with E-state index in [0.717, 1.165) is 18.7 Å². The van der Waals surface area contributed by atoms with Gasteiger partial charge in [-0.05, 0) is 51.3 Å². The Morgan fingerprint density at radius 3 is 2.57 bits per heavy atom. The predicted molar refractivity (Wildman–Crippen MR) is 84.2 cm³/mol. The average molecular weight is 296 g/mol. The third-order valence-corrected chi connectivity index (χ3v) is 2.65. The van der Waals surface area contributed by atoms with Crippen molar-refractivity contribution in [1.29, 1.82) is 0 Å². The van der Waals surface area contributed by atoms with Gasteiger partial charge in [0.1, 0.15) is 11.4 Å². The molecule has 0 aliphatic carbocycles. The number of amides is 1. The lowest BCUT2D eigenvalue weighted by Gasteiger charge is -2.20. The van der Waals surface area contributed by atoms with E-state index in [9.17, 15) is 9.18 Å². The first-order chi connectivity index (χ1) is 9.67. The molecule has 0 spiro atoms. The van der Waals surface area contributed by atoms with Gasteiger partial charge in [-0.1, -0.05) is 13.8 Å². The summed E-state index contributed by atoms with van der Waals surface area (Å²) in [7, 11) is 0. The lowest BCUT2D eigenvalue weighted by molar-refractivity contribution is 0.0635. The van der Waals surface area contributed by atoms with Crippen LogP contribution in [0.3, 0.4) is 0 Å². The summed E-state index contributed by atoms with van der Waals surface area (Å²) in [6, 6.07) is 4.54. The summed E-state index contributed by atoms with van der Waals surface area (Å²) >= 11 is 0. The fourth-order valence-electron chi connectivity index (χ4n) is 1.65. The molecule has 1 aromatic carbocycles. The van der Waals surface area contributed by atoms with Crippen molar-refractivity contribution < 1.29 is 13.9 Å². The molecule has 0 aliphatic heterocycles. The maximum absolute atomic E-state index is 13.7. The van der Waals surface area contributed by atoms with Gasteiger partial charge in [-0.3, -0.25) is 5.32 Å². The second-order valence-electron chi connectivity index (χ2n) is 6.43. The summed E-state index contributed by atoms with van der Waals surface area (Å²) in [6.07, 6.45) is 0.354. The zero-order valence-electron chi connectivity index (χ0n) is 13.4. The Morgan fingerprint density at radius 2 is 2.00 bits per heavy atom. The maximum atomic E-state index is 13.7. The summed E-state index contributed by atoms with van der Waals surface area (Å²) in [5.74, 6) is 0.104. The number of carbonyl (C=O) groups excluding carboxylic acids is 1. The predicted octanol–water partition coefficient (Wildman–Crippen LogP) is 4.63. The quantitative estimate of drug-likeness (QED) is 0.833. The highest BCUT2D eigenvalue weighted by atomic mass is 19.1. The number of carbonyl (C=O) groups is 1. The SMILES string of the molecule is CC(C)CCNc1ccc(F)c(NC(=O)OC(C)(C)C)c1. The van der Waals surface area contributed by atoms with Gasteiger partial charge in [0.05, 0.1) is 5.69 Å². The van der Waals surface area contributed by atoms with Crippen LogP contribution in [0.4, 0.5) is 20.6 Å². The first kappa shape index (κ1) is 17.3. The lowest BCUT2D eigenvalue weighted by Crippen LogP contribution is -2.27. The topological polar surface area (TPSA) is 50.4 Å². The molecular weight excluding hydrogens is 271 g/mol. The number of rotatable bonds is 5. The van der Waals surface area contributed by atoms with E-state index in [2.05, 4.69) is 24.5 Å². The molecule has 0 fully saturated rings. The molecule has 1 amide bonds. The Bertz CT molecular complexity index is 482. The summed E-state index contributed by atoms with van der Waals surface area (Å²) in [5.41, 5.74) is 0.259. The minimum atomic E-state index is -0.666. The molecule has 0 aromatic heterocycles. The van der Waals surface area contributed by atoms with Gasteiger partial charge in [-0.25, -0.2) is 9.18 Å². The highest BCUT2D eigenvalue weighted by Gasteiger charge is 2.17. The van der Waals surface area contributed by atoms with E-state index in [-0.39, 0.29) is 5.69 Å². The van der Waals surface area contributed by atoms with Crippen LogP contribution in [0, 0.1) is 11.7 Å². The van der Waals surface area contributed by atoms with Gasteiger partial charge in [0, 0.05) is 12.2 Å². The van der Waals surface area contributed by atoms with Gasteiger partial charge < -0.3 is 10.1 Å². The van der Waals surface area contributed by atoms with Crippen LogP contribution in [0.2, 0.25) is 0 Å². The van der Waals surface area contributed by atoms with Crippen molar-refractivity contribution in [3.63, 3.8) is 0 Å². The van der Waals surface area contributed by atoms with Crippen LogP contribution >= 0.6 is 0 Å². The molecule has 118 valence electrons. The molecule has 0 bridgehead atoms. The molecule has 5 heteroatoms. The second-order valence-corrected chi connectivity index (χ2v) is 6.43. The minimum absolute atomic E-state index is 0.110. The van der Waals surface area contributed by atoms with E-state index in [4.69, 9.17) is 4.74 Å². The van der Waals surface area contributed by atoms with Crippen molar-refractivity contribution in [1.82, 2.24) is 0 Å². The zero-order chi connectivity index (χ0) is 16.0. The largest absolute Gasteiger partial charge is 0.444 e. The summed E-state index contributed by atoms with van der Waals surface area (Å²) in [6.45, 7) is 10.4. The van der Waals surface area contributed by atoms with Crippen LogP contribution in [0.25, 0.3) is 0 Å². The van der Waals surface area contributed by atoms with Crippen LogP contribution < -0.4 is 10.6 Å². The van der Waals surface area contributed by atoms with E-state index in [1.807, 2.05) is 0 Å². The minimum Gasteiger partial charge on any atom is -0.444 e. The summed E-state index contributed by atoms with van der Waals surface area (Å²) in [4.78, 5) is 11.7. The maximum Gasteiger partial charge on any atom is 0.412 e. The van der Waals surface area contributed by atoms with Crippen molar-refractivity contribution >= 4 is 17.5 Å². The second kappa shape index (κ2) is 7.29. The smallest absolute Gasteiger partial charge is 0.412 e. The number of halogens is 1. The highest BCUT2D eigenvalue weighted by molar-refractivity contribution is 5.85. The first-order valence-corrected chi connectivity index (χ1v) is 7.21. The number of nitrogens with one attached hydrogen (secondary N) is 2. The Morgan fingerprint density at radius 1 is 1.33 bits per heavy atom. The third kappa shape index (κ3) is 6.97. The van der Waals surface area contributed by atoms with E-state index >= 15 is 0 Å². The van der Waals surface area contributed by atoms with Crippen molar-refractivity contribution in [2.24, 2.45) is 5.92 Å². The fourth-order valence-corrected chi connectivity index (χ4v) is 1.65. The summed E-state index contributed by atoms with van der Waals surface area (Å²) in [5, 5.41) is 5.64. The van der Waals surface area contributed by atoms with E-state index in [1.54, 1.807) is 32.9 Å². The Hall–Kier alpha value is -1.78. The Labute approximate surface area is 126 Å². The van der Waals surface area contributed by atoms with Crippen LogP contribution in [0.15, 0.2) is 18.2 Å². The van der Waals surface area contributed by atoms with Crippen molar-refractivity contribution in [2.75, 3.05) is 17.2 Å². The van der Waals surface area contributed by atoms with E-state index in [1.165, 1.54) is 6.07 Å². The normalized spacial score (nSPS) is 11.4. The van der Waals surface area contributed by atoms with E-state index in [0.29, 0.717) is 5.92 Å². The van der Waals surface area contributed by atoms with Crippen molar-refractivity contribution in [2.45, 2.75) is 46.6 Å². The number of hydrogen-bond donors (Lipinski definition) is 2. The van der Waals surface area contributed by atoms with Crippen LogP contribution in [-0.4, -0.2) is 18.2 Å². The Kier molecular flexibility index (Phi) is 6.00. The molecule has 2 N–H and O–H groups in total. The zero-order valence-corrected chi connectivity index (χ0v) is 13.4. The standard InChI is InChI=1S/C16H25FN2O2/c1-11(2)8-9-18-12-6-7-13(17)14(10-12)19-15(20)21-16(3,4)5/h6-7,10-11,18H,8-9H2,1-5H3,(H,19,20). The summed E-state index contributed by atoms with van der Waals surface area (Å²) < 4.78 is 18.8. The average Bonchev–Trinajstić information content (AvgIpc) is 2.30. The van der Waals surface area contributed by atoms with Crippen LogP contribution in [0.1, 0.15) is 41.0 Å². The third-order valence-electron chi connectivity index (χ3n) is 2.65. The lowest BCUT2D eigenvalue weighted by atomic mass is 10.1. The van der Waals surface area contributed by atoms with Gasteiger partial charge in [0.15, 0.2) is 0 Å². The monoisotopic (exact) mass is 296 g/mol. The molecule has 0 aliphatic rings. The number of anilines is 2. The fraction of sp³-hybridized carbons (Fsp3) is 0.562.